The molecule has 0 spiro atoms. The van der Waals surface area contributed by atoms with Crippen molar-refractivity contribution in [1.82, 2.24) is 10.2 Å². The van der Waals surface area contributed by atoms with Crippen LogP contribution in [0.4, 0.5) is 0 Å². The number of rotatable bonds is 6. The van der Waals surface area contributed by atoms with Crippen molar-refractivity contribution in [3.63, 3.8) is 0 Å². The Morgan fingerprint density at radius 2 is 1.70 bits per heavy atom. The lowest BCUT2D eigenvalue weighted by atomic mass is 10.0. The zero-order valence-corrected chi connectivity index (χ0v) is 13.3. The number of aromatic amines is 1. The molecule has 0 atom stereocenters. The first kappa shape index (κ1) is 15.2. The summed E-state index contributed by atoms with van der Waals surface area (Å²) in [5.74, 6) is 1.89. The van der Waals surface area contributed by atoms with Crippen molar-refractivity contribution >= 4 is 10.9 Å². The van der Waals surface area contributed by atoms with Gasteiger partial charge in [0, 0.05) is 7.11 Å². The van der Waals surface area contributed by atoms with Crippen LogP contribution >= 0.6 is 0 Å². The van der Waals surface area contributed by atoms with Crippen LogP contribution in [0.5, 0.6) is 17.4 Å². The smallest absolute Gasteiger partial charge is 0.240 e. The molecule has 0 aliphatic rings. The van der Waals surface area contributed by atoms with Gasteiger partial charge in [-0.05, 0) is 35.4 Å². The van der Waals surface area contributed by atoms with E-state index in [2.05, 4.69) is 10.2 Å². The molecule has 1 aromatic heterocycles. The van der Waals surface area contributed by atoms with E-state index in [1.165, 1.54) is 0 Å². The molecule has 0 radical (unpaired) electrons. The number of aromatic nitrogens is 2. The monoisotopic (exact) mass is 314 g/mol. The van der Waals surface area contributed by atoms with E-state index in [0.29, 0.717) is 17.4 Å². The van der Waals surface area contributed by atoms with Gasteiger partial charge in [-0.2, -0.15) is 0 Å². The van der Waals surface area contributed by atoms with E-state index < -0.39 is 0 Å². The summed E-state index contributed by atoms with van der Waals surface area (Å²) in [7, 11) is 4.80. The minimum absolute atomic E-state index is 0.176. The number of hydrogen-bond donors (Lipinski definition) is 1. The average Bonchev–Trinajstić information content (AvgIpc) is 3.02. The highest BCUT2D eigenvalue weighted by Gasteiger charge is 2.10. The molecular formula is C17H18N2O4. The molecule has 0 saturated carbocycles. The number of nitrogens with one attached hydrogen (secondary N) is 1. The fourth-order valence-electron chi connectivity index (χ4n) is 2.42. The second-order valence-electron chi connectivity index (χ2n) is 4.91. The Balaban J connectivity index is 1.97. The molecule has 120 valence electrons. The van der Waals surface area contributed by atoms with Gasteiger partial charge in [0.15, 0.2) is 18.3 Å². The molecule has 0 unspecified atom stereocenters. The van der Waals surface area contributed by atoms with E-state index in [0.717, 1.165) is 22.0 Å². The first-order chi connectivity index (χ1) is 11.3. The van der Waals surface area contributed by atoms with Crippen molar-refractivity contribution in [3.8, 4) is 28.5 Å². The third kappa shape index (κ3) is 2.93. The fourth-order valence-corrected chi connectivity index (χ4v) is 2.42. The Bertz CT molecular complexity index is 813. The quantitative estimate of drug-likeness (QED) is 0.708. The van der Waals surface area contributed by atoms with Gasteiger partial charge in [-0.25, -0.2) is 0 Å². The van der Waals surface area contributed by atoms with Crippen LogP contribution in [-0.2, 0) is 4.74 Å². The number of methoxy groups -OCH3 is 3. The normalized spacial score (nSPS) is 10.7. The predicted octanol–water partition coefficient (Wildman–Crippen LogP) is 3.23. The van der Waals surface area contributed by atoms with Gasteiger partial charge < -0.3 is 18.9 Å². The van der Waals surface area contributed by atoms with E-state index in [1.807, 2.05) is 36.4 Å². The van der Waals surface area contributed by atoms with Gasteiger partial charge in [0.05, 0.1) is 25.1 Å². The standard InChI is InChI=1S/C17H18N2O4/c1-20-10-23-15-7-5-12(9-16(15)21-2)11-4-6-13-14(8-11)18-19-17(13)22-3/h4-9H,10H2,1-3H3,(H,18,19). The van der Waals surface area contributed by atoms with E-state index >= 15 is 0 Å². The van der Waals surface area contributed by atoms with Crippen molar-refractivity contribution in [3.05, 3.63) is 36.4 Å². The van der Waals surface area contributed by atoms with E-state index in [4.69, 9.17) is 18.9 Å². The summed E-state index contributed by atoms with van der Waals surface area (Å²) in [6.45, 7) is 0.176. The van der Waals surface area contributed by atoms with Crippen LogP contribution in [0, 0.1) is 0 Å². The number of hydrogen-bond acceptors (Lipinski definition) is 5. The molecule has 6 nitrogen and oxygen atoms in total. The first-order valence-corrected chi connectivity index (χ1v) is 7.09. The third-order valence-electron chi connectivity index (χ3n) is 3.55. The summed E-state index contributed by atoms with van der Waals surface area (Å²) in [5, 5.41) is 8.04. The highest BCUT2D eigenvalue weighted by molar-refractivity contribution is 5.88. The molecule has 23 heavy (non-hydrogen) atoms. The maximum atomic E-state index is 5.48. The van der Waals surface area contributed by atoms with E-state index in [-0.39, 0.29) is 6.79 Å². The summed E-state index contributed by atoms with van der Waals surface area (Å²) in [5.41, 5.74) is 2.97. The molecule has 1 heterocycles. The van der Waals surface area contributed by atoms with Crippen LogP contribution in [-0.4, -0.2) is 38.3 Å². The Morgan fingerprint density at radius 1 is 0.913 bits per heavy atom. The Hall–Kier alpha value is -2.73. The second-order valence-corrected chi connectivity index (χ2v) is 4.91. The van der Waals surface area contributed by atoms with Crippen molar-refractivity contribution in [2.45, 2.75) is 0 Å². The molecule has 0 aliphatic carbocycles. The molecule has 3 aromatic rings. The molecule has 0 aliphatic heterocycles. The van der Waals surface area contributed by atoms with Crippen molar-refractivity contribution in [1.29, 1.82) is 0 Å². The van der Waals surface area contributed by atoms with Crippen LogP contribution in [0.1, 0.15) is 0 Å². The molecule has 1 N–H and O–H groups in total. The largest absolute Gasteiger partial charge is 0.493 e. The zero-order chi connectivity index (χ0) is 16.2. The average molecular weight is 314 g/mol. The minimum Gasteiger partial charge on any atom is -0.493 e. The number of fused-ring (bicyclic) bond motifs is 1. The Kier molecular flexibility index (Phi) is 4.34. The van der Waals surface area contributed by atoms with Crippen LogP contribution in [0.3, 0.4) is 0 Å². The Labute approximate surface area is 133 Å². The van der Waals surface area contributed by atoms with Crippen molar-refractivity contribution < 1.29 is 18.9 Å². The van der Waals surface area contributed by atoms with Crippen molar-refractivity contribution in [2.24, 2.45) is 0 Å². The lowest BCUT2D eigenvalue weighted by Crippen LogP contribution is -2.00. The summed E-state index contributed by atoms with van der Waals surface area (Å²) >= 11 is 0. The highest BCUT2D eigenvalue weighted by atomic mass is 16.7. The van der Waals surface area contributed by atoms with Crippen LogP contribution in [0.2, 0.25) is 0 Å². The molecule has 3 rings (SSSR count). The second kappa shape index (κ2) is 6.58. The minimum atomic E-state index is 0.176. The third-order valence-corrected chi connectivity index (χ3v) is 3.55. The van der Waals surface area contributed by atoms with Gasteiger partial charge in [0.2, 0.25) is 5.88 Å². The number of nitrogens with zero attached hydrogens (tertiary/aromatic N) is 1. The lowest BCUT2D eigenvalue weighted by molar-refractivity contribution is 0.0492. The first-order valence-electron chi connectivity index (χ1n) is 7.09. The summed E-state index contributed by atoms with van der Waals surface area (Å²) in [4.78, 5) is 0. The number of benzene rings is 2. The maximum Gasteiger partial charge on any atom is 0.240 e. The van der Waals surface area contributed by atoms with Gasteiger partial charge in [-0.15, -0.1) is 5.10 Å². The molecule has 0 amide bonds. The lowest BCUT2D eigenvalue weighted by Gasteiger charge is -2.11. The zero-order valence-electron chi connectivity index (χ0n) is 13.3. The van der Waals surface area contributed by atoms with Crippen molar-refractivity contribution in [2.75, 3.05) is 28.1 Å². The van der Waals surface area contributed by atoms with E-state index in [1.54, 1.807) is 21.3 Å². The molecule has 0 bridgehead atoms. The summed E-state index contributed by atoms with van der Waals surface area (Å²) in [6, 6.07) is 11.8. The summed E-state index contributed by atoms with van der Waals surface area (Å²) in [6.07, 6.45) is 0. The SMILES string of the molecule is COCOc1ccc(-c2ccc3c(OC)n[nH]c3c2)cc1OC. The molecule has 6 heteroatoms. The molecule has 0 fully saturated rings. The van der Waals surface area contributed by atoms with Gasteiger partial charge in [0.1, 0.15) is 0 Å². The van der Waals surface area contributed by atoms with Gasteiger partial charge in [-0.3, -0.25) is 5.10 Å². The highest BCUT2D eigenvalue weighted by Crippen LogP contribution is 2.34. The van der Waals surface area contributed by atoms with E-state index in [9.17, 15) is 0 Å². The maximum absolute atomic E-state index is 5.48. The van der Waals surface area contributed by atoms with Crippen LogP contribution in [0.15, 0.2) is 36.4 Å². The van der Waals surface area contributed by atoms with Gasteiger partial charge in [0.25, 0.3) is 0 Å². The van der Waals surface area contributed by atoms with Crippen LogP contribution < -0.4 is 14.2 Å². The van der Waals surface area contributed by atoms with Crippen LogP contribution in [0.25, 0.3) is 22.0 Å². The summed E-state index contributed by atoms with van der Waals surface area (Å²) < 4.78 is 21.0. The molecule has 2 aromatic carbocycles. The number of ether oxygens (including phenoxy) is 4. The number of H-pyrrole nitrogens is 1. The van der Waals surface area contributed by atoms with Gasteiger partial charge in [-0.1, -0.05) is 12.1 Å². The predicted molar refractivity (Wildman–Crippen MR) is 87.1 cm³/mol. The Morgan fingerprint density at radius 3 is 2.43 bits per heavy atom. The topological polar surface area (TPSA) is 65.6 Å². The fraction of sp³-hybridized carbons (Fsp3) is 0.235. The molecule has 0 saturated heterocycles. The molecular weight excluding hydrogens is 296 g/mol. The van der Waals surface area contributed by atoms with Gasteiger partial charge >= 0.3 is 0 Å².